The van der Waals surface area contributed by atoms with Gasteiger partial charge in [0.1, 0.15) is 16.8 Å². The fourth-order valence-corrected chi connectivity index (χ4v) is 10.0. The molecule has 324 valence electrons. The molecule has 1 atom stereocenters. The topological polar surface area (TPSA) is 51.8 Å². The third kappa shape index (κ3) is 7.68. The third-order valence-corrected chi connectivity index (χ3v) is 13.6. The van der Waals surface area contributed by atoms with Crippen molar-refractivity contribution in [3.05, 3.63) is 247 Å². The summed E-state index contributed by atoms with van der Waals surface area (Å²) in [5.41, 5.74) is 15.3. The van der Waals surface area contributed by atoms with Gasteiger partial charge < -0.3 is 4.42 Å². The number of hydrogen-bond acceptors (Lipinski definition) is 4. The zero-order valence-electron chi connectivity index (χ0n) is 37.6. The van der Waals surface area contributed by atoms with E-state index in [1.165, 1.54) is 49.4 Å². The molecule has 1 unspecified atom stereocenters. The number of rotatable bonds is 8. The Labute approximate surface area is 399 Å². The van der Waals surface area contributed by atoms with Crippen molar-refractivity contribution in [2.45, 2.75) is 12.3 Å². The number of furan rings is 1. The average Bonchev–Trinajstić information content (AvgIpc) is 3.79. The van der Waals surface area contributed by atoms with Crippen LogP contribution in [0.25, 0.3) is 123 Å². The van der Waals surface area contributed by atoms with Crippen LogP contribution in [0.15, 0.2) is 235 Å². The highest BCUT2D eigenvalue weighted by molar-refractivity contribution is 6.11. The van der Waals surface area contributed by atoms with E-state index in [1.54, 1.807) is 0 Å². The first-order valence-electron chi connectivity index (χ1n) is 23.6. The Morgan fingerprint density at radius 2 is 0.768 bits per heavy atom. The fourth-order valence-electron chi connectivity index (χ4n) is 10.0. The smallest absolute Gasteiger partial charge is 0.163 e. The maximum Gasteiger partial charge on any atom is 0.163 e. The van der Waals surface area contributed by atoms with Crippen molar-refractivity contribution in [1.82, 2.24) is 15.0 Å². The Bertz CT molecular complexity index is 3960. The minimum atomic E-state index is -0.0731. The number of hydrogen-bond donors (Lipinski definition) is 0. The highest BCUT2D eigenvalue weighted by atomic mass is 16.3. The molecule has 1 aliphatic rings. The van der Waals surface area contributed by atoms with E-state index in [9.17, 15) is 0 Å². The summed E-state index contributed by atoms with van der Waals surface area (Å²) in [7, 11) is 0. The molecule has 0 aliphatic heterocycles. The Kier molecular flexibility index (Phi) is 9.94. The molecule has 0 bridgehead atoms. The Morgan fingerprint density at radius 1 is 0.333 bits per heavy atom. The lowest BCUT2D eigenvalue weighted by Gasteiger charge is -2.15. The van der Waals surface area contributed by atoms with E-state index < -0.39 is 0 Å². The van der Waals surface area contributed by atoms with Gasteiger partial charge in [-0.2, -0.15) is 0 Å². The Balaban J connectivity index is 0.902. The second kappa shape index (κ2) is 17.0. The standard InChI is InChI=1S/C65H43N3O/c1-5-15-42(16-6-1)51-33-52(43-17-7-2-8-18-43)36-55(35-51)56-37-53(44-19-9-3-10-20-44)34-54(38-56)45-25-28-48(29-26-45)64-66-63(47-22-11-4-12-23-47)67-65(68-64)50-31-32-61-59(40-50)60-39-49-30-27-46-21-13-14-24-57(46)58(49)41-62(60)69-61/h1-30,32-41,50H,31H2. The highest BCUT2D eigenvalue weighted by Crippen LogP contribution is 2.38. The van der Waals surface area contributed by atoms with E-state index in [-0.39, 0.29) is 5.92 Å². The maximum absolute atomic E-state index is 6.54. The van der Waals surface area contributed by atoms with E-state index in [2.05, 4.69) is 224 Å². The van der Waals surface area contributed by atoms with Crippen LogP contribution in [0.5, 0.6) is 0 Å². The van der Waals surface area contributed by atoms with Crippen molar-refractivity contribution in [3.8, 4) is 78.4 Å². The highest BCUT2D eigenvalue weighted by Gasteiger charge is 2.21. The molecular weight excluding hydrogens is 839 g/mol. The van der Waals surface area contributed by atoms with Gasteiger partial charge in [-0.25, -0.2) is 15.0 Å². The number of nitrogens with zero attached hydrogens (tertiary/aromatic N) is 3. The third-order valence-electron chi connectivity index (χ3n) is 13.6. The van der Waals surface area contributed by atoms with Crippen molar-refractivity contribution < 1.29 is 4.42 Å². The molecule has 0 fully saturated rings. The molecule has 1 aliphatic carbocycles. The van der Waals surface area contributed by atoms with Crippen LogP contribution in [0, 0.1) is 0 Å². The molecule has 69 heavy (non-hydrogen) atoms. The molecule has 0 saturated heterocycles. The van der Waals surface area contributed by atoms with Gasteiger partial charge in [-0.1, -0.05) is 188 Å². The van der Waals surface area contributed by atoms with E-state index >= 15 is 0 Å². The predicted octanol–water partition coefficient (Wildman–Crippen LogP) is 15.3. The molecule has 0 radical (unpaired) electrons. The summed E-state index contributed by atoms with van der Waals surface area (Å²) in [6, 6.07) is 82.2. The summed E-state index contributed by atoms with van der Waals surface area (Å²) in [6.07, 6.45) is 5.20. The molecule has 10 aromatic carbocycles. The van der Waals surface area contributed by atoms with Gasteiger partial charge in [0, 0.05) is 27.6 Å². The number of aromatic nitrogens is 3. The summed E-state index contributed by atoms with van der Waals surface area (Å²) in [4.78, 5) is 15.5. The van der Waals surface area contributed by atoms with Crippen LogP contribution in [0.2, 0.25) is 0 Å². The van der Waals surface area contributed by atoms with Gasteiger partial charge >= 0.3 is 0 Å². The lowest BCUT2D eigenvalue weighted by atomic mass is 9.90. The summed E-state index contributed by atoms with van der Waals surface area (Å²) < 4.78 is 6.54. The molecule has 0 saturated carbocycles. The Hall–Kier alpha value is -8.99. The van der Waals surface area contributed by atoms with Gasteiger partial charge in [-0.3, -0.25) is 0 Å². The molecule has 12 aromatic rings. The molecule has 4 heteroatoms. The van der Waals surface area contributed by atoms with E-state index in [0.29, 0.717) is 18.1 Å². The van der Waals surface area contributed by atoms with Gasteiger partial charge in [-0.15, -0.1) is 0 Å². The van der Waals surface area contributed by atoms with Gasteiger partial charge in [0.2, 0.25) is 0 Å². The van der Waals surface area contributed by atoms with Crippen LogP contribution in [-0.2, 0) is 0 Å². The van der Waals surface area contributed by atoms with Crippen molar-refractivity contribution >= 4 is 44.7 Å². The monoisotopic (exact) mass is 881 g/mol. The first-order valence-corrected chi connectivity index (χ1v) is 23.6. The molecule has 2 heterocycles. The summed E-state index contributed by atoms with van der Waals surface area (Å²) in [6.45, 7) is 0. The zero-order chi connectivity index (χ0) is 45.7. The minimum absolute atomic E-state index is 0.0731. The maximum atomic E-state index is 6.54. The SMILES string of the molecule is C1=c2oc3cc4c(ccc5ccccc54)cc3c2=CC(c2nc(-c3ccccc3)nc(-c3ccc(-c4cc(-c5ccccc5)cc(-c5cc(-c6ccccc6)cc(-c6ccccc6)c5)c4)cc3)n2)C1. The molecule has 2 aromatic heterocycles. The van der Waals surface area contributed by atoms with Crippen LogP contribution < -0.4 is 10.6 Å². The van der Waals surface area contributed by atoms with E-state index in [1.807, 2.05) is 18.2 Å². The van der Waals surface area contributed by atoms with Crippen LogP contribution in [0.4, 0.5) is 0 Å². The number of benzene rings is 10. The summed E-state index contributed by atoms with van der Waals surface area (Å²) in [5.74, 6) is 1.96. The fraction of sp³-hybridized carbons (Fsp3) is 0.0308. The van der Waals surface area contributed by atoms with E-state index in [0.717, 1.165) is 66.4 Å². The van der Waals surface area contributed by atoms with Crippen molar-refractivity contribution in [3.63, 3.8) is 0 Å². The second-order valence-electron chi connectivity index (χ2n) is 17.9. The Morgan fingerprint density at radius 3 is 1.32 bits per heavy atom. The average molecular weight is 882 g/mol. The van der Waals surface area contributed by atoms with Crippen LogP contribution in [0.3, 0.4) is 0 Å². The minimum Gasteiger partial charge on any atom is -0.456 e. The largest absolute Gasteiger partial charge is 0.456 e. The van der Waals surface area contributed by atoms with Crippen molar-refractivity contribution in [2.75, 3.05) is 0 Å². The molecule has 0 amide bonds. The molecule has 0 spiro atoms. The predicted molar refractivity (Wildman–Crippen MR) is 285 cm³/mol. The summed E-state index contributed by atoms with van der Waals surface area (Å²) >= 11 is 0. The van der Waals surface area contributed by atoms with Crippen LogP contribution in [-0.4, -0.2) is 15.0 Å². The molecule has 0 N–H and O–H groups in total. The van der Waals surface area contributed by atoms with Gasteiger partial charge in [0.05, 0.1) is 0 Å². The molecular formula is C65H43N3O. The van der Waals surface area contributed by atoms with Crippen LogP contribution >= 0.6 is 0 Å². The summed E-state index contributed by atoms with van der Waals surface area (Å²) in [5, 5.41) is 7.02. The lowest BCUT2D eigenvalue weighted by molar-refractivity contribution is 0.570. The molecule has 13 rings (SSSR count). The van der Waals surface area contributed by atoms with E-state index in [4.69, 9.17) is 19.4 Å². The first-order chi connectivity index (χ1) is 34.1. The molecule has 4 nitrogen and oxygen atoms in total. The van der Waals surface area contributed by atoms with Gasteiger partial charge in [0.15, 0.2) is 11.6 Å². The van der Waals surface area contributed by atoms with Crippen molar-refractivity contribution in [2.24, 2.45) is 0 Å². The van der Waals surface area contributed by atoms with Crippen LogP contribution in [0.1, 0.15) is 18.2 Å². The lowest BCUT2D eigenvalue weighted by Crippen LogP contribution is -2.25. The normalized spacial score (nSPS) is 13.2. The zero-order valence-corrected chi connectivity index (χ0v) is 37.6. The van der Waals surface area contributed by atoms with Gasteiger partial charge in [-0.05, 0) is 138 Å². The number of fused-ring (bicyclic) bond motifs is 6. The quantitative estimate of drug-likeness (QED) is 0.143. The second-order valence-corrected chi connectivity index (χ2v) is 17.9. The van der Waals surface area contributed by atoms with Gasteiger partial charge in [0.25, 0.3) is 0 Å². The van der Waals surface area contributed by atoms with Crippen molar-refractivity contribution in [1.29, 1.82) is 0 Å². The first kappa shape index (κ1) is 40.3.